The summed E-state index contributed by atoms with van der Waals surface area (Å²) < 4.78 is 37.0. The van der Waals surface area contributed by atoms with Crippen LogP contribution < -0.4 is 14.8 Å². The van der Waals surface area contributed by atoms with Gasteiger partial charge in [0.05, 0.1) is 37.6 Å². The van der Waals surface area contributed by atoms with Gasteiger partial charge in [0.2, 0.25) is 0 Å². The minimum Gasteiger partial charge on any atom is -0.493 e. The third kappa shape index (κ3) is 6.62. The molecule has 216 valence electrons. The molecule has 0 bridgehead atoms. The number of halogens is 3. The van der Waals surface area contributed by atoms with Gasteiger partial charge in [-0.05, 0) is 80.3 Å². The molecule has 0 saturated carbocycles. The first-order valence-corrected chi connectivity index (χ1v) is 15.4. The fourth-order valence-corrected chi connectivity index (χ4v) is 6.35. The van der Waals surface area contributed by atoms with E-state index in [4.69, 9.17) is 9.47 Å². The summed E-state index contributed by atoms with van der Waals surface area (Å²) in [6, 6.07) is 12.3. The van der Waals surface area contributed by atoms with E-state index < -0.39 is 6.43 Å². The van der Waals surface area contributed by atoms with Crippen molar-refractivity contribution in [3.63, 3.8) is 0 Å². The molecule has 0 spiro atoms. The Morgan fingerprint density at radius 2 is 1.85 bits per heavy atom. The number of ether oxygens (including phenoxy) is 2. The molecule has 1 N–H and O–H groups in total. The van der Waals surface area contributed by atoms with E-state index in [0.29, 0.717) is 49.2 Å². The summed E-state index contributed by atoms with van der Waals surface area (Å²) in [5.41, 5.74) is 4.86. The molecule has 0 aliphatic carbocycles. The largest absolute Gasteiger partial charge is 0.493 e. The van der Waals surface area contributed by atoms with Crippen LogP contribution in [0.4, 0.5) is 14.5 Å². The molecule has 2 aromatic rings. The van der Waals surface area contributed by atoms with Gasteiger partial charge in [0.15, 0.2) is 11.5 Å². The number of hydrogen-bond donors (Lipinski definition) is 1. The molecule has 1 fully saturated rings. The maximum atomic E-state index is 13.7. The van der Waals surface area contributed by atoms with E-state index in [1.807, 2.05) is 22.1 Å². The van der Waals surface area contributed by atoms with Gasteiger partial charge in [0, 0.05) is 24.1 Å². The molecule has 1 amide bonds. The molecule has 3 aliphatic heterocycles. The van der Waals surface area contributed by atoms with Crippen LogP contribution >= 0.6 is 15.9 Å². The van der Waals surface area contributed by atoms with Crippen molar-refractivity contribution in [1.29, 1.82) is 0 Å². The Hall–Kier alpha value is -2.65. The zero-order valence-electron chi connectivity index (χ0n) is 23.0. The van der Waals surface area contributed by atoms with Gasteiger partial charge in [-0.15, -0.1) is 0 Å². The number of rotatable bonds is 11. The maximum Gasteiger partial charge on any atom is 0.260 e. The van der Waals surface area contributed by atoms with Crippen molar-refractivity contribution < 1.29 is 23.0 Å². The maximum absolute atomic E-state index is 13.7. The van der Waals surface area contributed by atoms with Crippen LogP contribution in [-0.4, -0.2) is 73.4 Å². The highest BCUT2D eigenvalue weighted by Gasteiger charge is 2.35. The number of fused-ring (bicyclic) bond motifs is 2. The predicted molar refractivity (Wildman–Crippen MR) is 158 cm³/mol. The average Bonchev–Trinajstić information content (AvgIpc) is 3.35. The standard InChI is InChI=1S/C31H38BrF2N3O3/c1-39-28-16-26-27(17-29(28)40-14-4-2-3-11-32)35-18-25-15-24(19-37(25)31(26)38)22-7-5-21(6-8-22)23-9-12-36(13-10-23)20-30(33)34/h5-8,16-17,19,23,25,30,35H,2-4,9-15,18,20H2,1H3/t25-/m0/s1. The Morgan fingerprint density at radius 1 is 1.07 bits per heavy atom. The van der Waals surface area contributed by atoms with E-state index in [0.717, 1.165) is 60.7 Å². The highest BCUT2D eigenvalue weighted by molar-refractivity contribution is 9.09. The van der Waals surface area contributed by atoms with Crippen LogP contribution in [0.5, 0.6) is 11.5 Å². The van der Waals surface area contributed by atoms with E-state index in [1.54, 1.807) is 13.2 Å². The van der Waals surface area contributed by atoms with Gasteiger partial charge >= 0.3 is 0 Å². The zero-order chi connectivity index (χ0) is 28.1. The number of alkyl halides is 3. The smallest absolute Gasteiger partial charge is 0.260 e. The number of hydrogen-bond acceptors (Lipinski definition) is 5. The van der Waals surface area contributed by atoms with Crippen LogP contribution in [0, 0.1) is 0 Å². The number of nitrogens with one attached hydrogen (secondary N) is 1. The molecular weight excluding hydrogens is 580 g/mol. The summed E-state index contributed by atoms with van der Waals surface area (Å²) in [6.45, 7) is 2.55. The Morgan fingerprint density at radius 3 is 2.55 bits per heavy atom. The van der Waals surface area contributed by atoms with Crippen LogP contribution in [-0.2, 0) is 0 Å². The van der Waals surface area contributed by atoms with Gasteiger partial charge < -0.3 is 19.7 Å². The van der Waals surface area contributed by atoms with E-state index >= 15 is 0 Å². The molecule has 1 atom stereocenters. The number of carbonyl (C=O) groups is 1. The van der Waals surface area contributed by atoms with Crippen LogP contribution in [0.3, 0.4) is 0 Å². The minimum absolute atomic E-state index is 0.0216. The van der Waals surface area contributed by atoms with E-state index in [9.17, 15) is 13.6 Å². The van der Waals surface area contributed by atoms with Gasteiger partial charge in [-0.2, -0.15) is 0 Å². The van der Waals surface area contributed by atoms with Crippen LogP contribution in [0.15, 0.2) is 42.6 Å². The Kier molecular flexibility index (Phi) is 9.63. The second kappa shape index (κ2) is 13.3. The first-order chi connectivity index (χ1) is 19.5. The van der Waals surface area contributed by atoms with Gasteiger partial charge in [0.1, 0.15) is 0 Å². The van der Waals surface area contributed by atoms with Crippen molar-refractivity contribution in [3.05, 3.63) is 59.3 Å². The predicted octanol–water partition coefficient (Wildman–Crippen LogP) is 6.76. The normalized spacial score (nSPS) is 19.6. The van der Waals surface area contributed by atoms with Crippen LogP contribution in [0.2, 0.25) is 0 Å². The first kappa shape index (κ1) is 28.9. The highest BCUT2D eigenvalue weighted by atomic mass is 79.9. The molecule has 3 aliphatic rings. The number of likely N-dealkylation sites (tertiary alicyclic amines) is 1. The lowest BCUT2D eigenvalue weighted by Gasteiger charge is -2.31. The molecule has 40 heavy (non-hydrogen) atoms. The second-order valence-electron chi connectivity index (χ2n) is 10.8. The Bertz CT molecular complexity index is 1200. The fraction of sp³-hybridized carbons (Fsp3) is 0.516. The topological polar surface area (TPSA) is 54.0 Å². The van der Waals surface area contributed by atoms with E-state index in [1.165, 1.54) is 5.56 Å². The number of methoxy groups -OCH3 is 1. The Balaban J connectivity index is 1.25. The number of amides is 1. The minimum atomic E-state index is -2.27. The monoisotopic (exact) mass is 617 g/mol. The molecule has 5 rings (SSSR count). The summed E-state index contributed by atoms with van der Waals surface area (Å²) >= 11 is 3.46. The third-order valence-corrected chi connectivity index (χ3v) is 8.77. The van der Waals surface area contributed by atoms with Crippen molar-refractivity contribution in [2.45, 2.75) is 56.9 Å². The lowest BCUT2D eigenvalue weighted by molar-refractivity contribution is 0.0753. The van der Waals surface area contributed by atoms with Crippen molar-refractivity contribution in [2.75, 3.05) is 50.5 Å². The van der Waals surface area contributed by atoms with Crippen molar-refractivity contribution in [2.24, 2.45) is 0 Å². The molecule has 2 aromatic carbocycles. The molecular formula is C31H38BrF2N3O3. The van der Waals surface area contributed by atoms with Crippen molar-refractivity contribution in [3.8, 4) is 11.5 Å². The van der Waals surface area contributed by atoms with Gasteiger partial charge in [0.25, 0.3) is 12.3 Å². The molecule has 1 saturated heterocycles. The van der Waals surface area contributed by atoms with Crippen LogP contribution in [0.25, 0.3) is 5.57 Å². The van der Waals surface area contributed by atoms with E-state index in [2.05, 4.69) is 45.5 Å². The second-order valence-corrected chi connectivity index (χ2v) is 11.6. The highest BCUT2D eigenvalue weighted by Crippen LogP contribution is 2.39. The zero-order valence-corrected chi connectivity index (χ0v) is 24.6. The summed E-state index contributed by atoms with van der Waals surface area (Å²) in [5.74, 6) is 1.57. The molecule has 6 nitrogen and oxygen atoms in total. The number of unbranched alkanes of at least 4 members (excludes halogenated alkanes) is 2. The summed E-state index contributed by atoms with van der Waals surface area (Å²) in [6.07, 6.45) is 5.45. The molecule has 0 unspecified atom stereocenters. The van der Waals surface area contributed by atoms with Crippen molar-refractivity contribution in [1.82, 2.24) is 9.80 Å². The van der Waals surface area contributed by atoms with E-state index in [-0.39, 0.29) is 18.5 Å². The molecule has 3 heterocycles. The molecule has 9 heteroatoms. The Labute approximate surface area is 243 Å². The SMILES string of the molecule is COc1cc2c(cc1OCCCCCBr)NC[C@@H]1CC(c3ccc(C4CCN(CC(F)F)CC4)cc3)=CN1C2=O. The lowest BCUT2D eigenvalue weighted by atomic mass is 9.88. The first-order valence-electron chi connectivity index (χ1n) is 14.3. The molecule has 0 aromatic heterocycles. The number of anilines is 1. The summed E-state index contributed by atoms with van der Waals surface area (Å²) in [7, 11) is 1.60. The number of piperidine rings is 1. The van der Waals surface area contributed by atoms with Crippen molar-refractivity contribution >= 4 is 33.1 Å². The number of carbonyl (C=O) groups excluding carboxylic acids is 1. The van der Waals surface area contributed by atoms with Gasteiger partial charge in [-0.1, -0.05) is 40.2 Å². The van der Waals surface area contributed by atoms with Crippen LogP contribution in [0.1, 0.15) is 65.9 Å². The quantitative estimate of drug-likeness (QED) is 0.223. The summed E-state index contributed by atoms with van der Waals surface area (Å²) in [4.78, 5) is 17.4. The lowest BCUT2D eigenvalue weighted by Crippen LogP contribution is -2.36. The van der Waals surface area contributed by atoms with Gasteiger partial charge in [-0.3, -0.25) is 9.69 Å². The van der Waals surface area contributed by atoms with Gasteiger partial charge in [-0.25, -0.2) is 8.78 Å². The summed E-state index contributed by atoms with van der Waals surface area (Å²) in [5, 5.41) is 4.47. The number of benzene rings is 2. The number of nitrogens with zero attached hydrogens (tertiary/aromatic N) is 2. The third-order valence-electron chi connectivity index (χ3n) is 8.21. The average molecular weight is 619 g/mol. The molecule has 0 radical (unpaired) electrons. The fourth-order valence-electron chi connectivity index (χ4n) is 5.96.